The van der Waals surface area contributed by atoms with Crippen LogP contribution in [0.2, 0.25) is 0 Å². The van der Waals surface area contributed by atoms with Gasteiger partial charge in [0.05, 0.1) is 23.1 Å². The molecule has 4 heterocycles. The highest BCUT2D eigenvalue weighted by Gasteiger charge is 2.44. The Morgan fingerprint density at radius 1 is 1.16 bits per heavy atom. The second kappa shape index (κ2) is 6.61. The molecule has 2 aliphatic rings. The van der Waals surface area contributed by atoms with E-state index in [1.165, 1.54) is 6.07 Å². The standard InChI is InChI=1S/C24H21N5O3/c1-12(30)22-25-10-14(11-26-22)13-6-7-16-17(8-13)29-18-9-19(23(29)27-16)28(2)24(32)15-4-3-5-20(31)21(15)18/h3-8,10-12,18-19,30-31H,9H2,1-2H3/t12?,18-,19-/m1/s1/i2D3. The molecule has 160 valence electrons. The molecule has 0 fully saturated rings. The lowest BCUT2D eigenvalue weighted by molar-refractivity contribution is 0.0734. The third kappa shape index (κ3) is 2.53. The van der Waals surface area contributed by atoms with Gasteiger partial charge in [-0.15, -0.1) is 0 Å². The highest BCUT2D eigenvalue weighted by Crippen LogP contribution is 2.49. The number of amides is 1. The number of aromatic hydroxyl groups is 1. The van der Waals surface area contributed by atoms with Crippen molar-refractivity contribution in [3.05, 3.63) is 71.6 Å². The van der Waals surface area contributed by atoms with E-state index in [-0.39, 0.29) is 11.3 Å². The summed E-state index contributed by atoms with van der Waals surface area (Å²) in [6.45, 7) is -1.08. The lowest BCUT2D eigenvalue weighted by atomic mass is 9.97. The van der Waals surface area contributed by atoms with Crippen molar-refractivity contribution >= 4 is 16.9 Å². The first kappa shape index (κ1) is 15.9. The Morgan fingerprint density at radius 2 is 1.97 bits per heavy atom. The maximum atomic E-state index is 13.4. The molecule has 8 nitrogen and oxygen atoms in total. The minimum Gasteiger partial charge on any atom is -0.508 e. The van der Waals surface area contributed by atoms with E-state index in [1.807, 2.05) is 22.8 Å². The molecule has 1 unspecified atom stereocenters. The smallest absolute Gasteiger partial charge is 0.254 e. The Morgan fingerprint density at radius 3 is 2.72 bits per heavy atom. The van der Waals surface area contributed by atoms with Crippen LogP contribution in [0.1, 0.15) is 63.2 Å². The summed E-state index contributed by atoms with van der Waals surface area (Å²) in [5, 5.41) is 20.5. The van der Waals surface area contributed by atoms with Crippen molar-refractivity contribution < 1.29 is 19.1 Å². The van der Waals surface area contributed by atoms with Crippen molar-refractivity contribution in [3.8, 4) is 16.9 Å². The van der Waals surface area contributed by atoms with Crippen LogP contribution in [-0.4, -0.2) is 47.5 Å². The van der Waals surface area contributed by atoms with Crippen molar-refractivity contribution in [1.29, 1.82) is 0 Å². The summed E-state index contributed by atoms with van der Waals surface area (Å²) in [5.41, 5.74) is 3.54. The number of phenolic OH excluding ortho intramolecular Hbond substituents is 1. The molecule has 2 bridgehead atoms. The third-order valence-electron chi connectivity index (χ3n) is 6.33. The molecule has 2 aromatic heterocycles. The number of carbonyl (C=O) groups excluding carboxylic acids is 1. The second-order valence-electron chi connectivity index (χ2n) is 8.23. The predicted molar refractivity (Wildman–Crippen MR) is 117 cm³/mol. The normalized spacial score (nSPS) is 22.0. The third-order valence-corrected chi connectivity index (χ3v) is 6.33. The zero-order valence-corrected chi connectivity index (χ0v) is 17.1. The number of aliphatic hydroxyl groups is 1. The molecule has 3 atom stereocenters. The number of benzene rings is 2. The van der Waals surface area contributed by atoms with E-state index in [0.29, 0.717) is 29.1 Å². The van der Waals surface area contributed by atoms with Crippen molar-refractivity contribution in [2.45, 2.75) is 31.5 Å². The van der Waals surface area contributed by atoms with E-state index in [0.717, 1.165) is 21.5 Å². The minimum atomic E-state index is -2.68. The van der Waals surface area contributed by atoms with Gasteiger partial charge in [0.15, 0.2) is 5.82 Å². The Hall–Kier alpha value is -3.78. The number of imidazole rings is 1. The molecule has 0 aliphatic carbocycles. The fraction of sp³-hybridized carbons (Fsp3) is 0.250. The number of carbonyl (C=O) groups is 1. The Labute approximate surface area is 188 Å². The SMILES string of the molecule is [2H]C([2H])([2H])N1C(=O)c2cccc(O)c2[C@H]2C[C@@H]1c1nc3ccc(-c4cnc(C(C)O)nc4)cc3n12. The van der Waals surface area contributed by atoms with E-state index < -0.39 is 31.1 Å². The van der Waals surface area contributed by atoms with Crippen LogP contribution in [0.5, 0.6) is 5.75 Å². The molecule has 6 rings (SSSR count). The van der Waals surface area contributed by atoms with Gasteiger partial charge in [0.25, 0.3) is 5.91 Å². The topological polar surface area (TPSA) is 104 Å². The Bertz CT molecular complexity index is 1500. The average molecular weight is 430 g/mol. The van der Waals surface area contributed by atoms with Gasteiger partial charge in [0.2, 0.25) is 0 Å². The molecule has 8 heteroatoms. The molecule has 2 N–H and O–H groups in total. The summed E-state index contributed by atoms with van der Waals surface area (Å²) < 4.78 is 26.2. The van der Waals surface area contributed by atoms with E-state index >= 15 is 0 Å². The molecule has 32 heavy (non-hydrogen) atoms. The van der Waals surface area contributed by atoms with Gasteiger partial charge in [-0.1, -0.05) is 12.1 Å². The molecular weight excluding hydrogens is 406 g/mol. The van der Waals surface area contributed by atoms with Crippen LogP contribution in [0.25, 0.3) is 22.2 Å². The quantitative estimate of drug-likeness (QED) is 0.505. The maximum Gasteiger partial charge on any atom is 0.254 e. The van der Waals surface area contributed by atoms with Gasteiger partial charge in [-0.3, -0.25) is 4.79 Å². The molecule has 2 aromatic carbocycles. The zero-order chi connectivity index (χ0) is 24.6. The van der Waals surface area contributed by atoms with Crippen LogP contribution < -0.4 is 0 Å². The highest BCUT2D eigenvalue weighted by molar-refractivity contribution is 5.98. The Balaban J connectivity index is 1.57. The molecule has 0 saturated carbocycles. The summed E-state index contributed by atoms with van der Waals surface area (Å²) >= 11 is 0. The van der Waals surface area contributed by atoms with Crippen molar-refractivity contribution in [3.63, 3.8) is 0 Å². The first-order chi connectivity index (χ1) is 16.6. The molecule has 4 aromatic rings. The number of rotatable bonds is 2. The van der Waals surface area contributed by atoms with Crippen molar-refractivity contribution in [2.75, 3.05) is 6.98 Å². The average Bonchev–Trinajstić information content (AvgIpc) is 3.31. The van der Waals surface area contributed by atoms with Gasteiger partial charge < -0.3 is 19.7 Å². The molecule has 1 amide bonds. The second-order valence-corrected chi connectivity index (χ2v) is 8.23. The lowest BCUT2D eigenvalue weighted by Crippen LogP contribution is -2.30. The van der Waals surface area contributed by atoms with Crippen LogP contribution in [0.15, 0.2) is 48.8 Å². The first-order valence-electron chi connectivity index (χ1n) is 11.8. The highest BCUT2D eigenvalue weighted by atomic mass is 16.3. The van der Waals surface area contributed by atoms with E-state index in [2.05, 4.69) is 9.97 Å². The number of hydrogen-bond acceptors (Lipinski definition) is 6. The molecule has 0 spiro atoms. The van der Waals surface area contributed by atoms with E-state index in [1.54, 1.807) is 31.5 Å². The zero-order valence-electron chi connectivity index (χ0n) is 20.1. The molecule has 0 radical (unpaired) electrons. The number of aromatic nitrogens is 4. The first-order valence-corrected chi connectivity index (χ1v) is 10.3. The largest absolute Gasteiger partial charge is 0.508 e. The number of nitrogens with zero attached hydrogens (tertiary/aromatic N) is 5. The van der Waals surface area contributed by atoms with Gasteiger partial charge in [0.1, 0.15) is 17.7 Å². The van der Waals surface area contributed by atoms with E-state index in [4.69, 9.17) is 9.10 Å². The van der Waals surface area contributed by atoms with Gasteiger partial charge in [-0.2, -0.15) is 0 Å². The monoisotopic (exact) mass is 430 g/mol. The number of hydrogen-bond donors (Lipinski definition) is 2. The maximum absolute atomic E-state index is 13.4. The van der Waals surface area contributed by atoms with E-state index in [9.17, 15) is 15.0 Å². The van der Waals surface area contributed by atoms with Gasteiger partial charge in [0, 0.05) is 46.6 Å². The van der Waals surface area contributed by atoms with Crippen LogP contribution in [0.4, 0.5) is 0 Å². The summed E-state index contributed by atoms with van der Waals surface area (Å²) in [7, 11) is 0. The van der Waals surface area contributed by atoms with Crippen LogP contribution in [0, 0.1) is 0 Å². The van der Waals surface area contributed by atoms with Crippen molar-refractivity contribution in [2.24, 2.45) is 0 Å². The number of fused-ring (bicyclic) bond motifs is 9. The summed E-state index contributed by atoms with van der Waals surface area (Å²) in [4.78, 5) is 27.4. The van der Waals surface area contributed by atoms with Gasteiger partial charge in [-0.25, -0.2) is 15.0 Å². The summed E-state index contributed by atoms with van der Waals surface area (Å²) in [6.07, 6.45) is 2.79. The van der Waals surface area contributed by atoms with Gasteiger partial charge >= 0.3 is 0 Å². The minimum absolute atomic E-state index is 0.0556. The molecular formula is C24H21N5O3. The Kier molecular flexibility index (Phi) is 3.29. The fourth-order valence-electron chi connectivity index (χ4n) is 4.81. The predicted octanol–water partition coefficient (Wildman–Crippen LogP) is 3.37. The number of aliphatic hydroxyl groups excluding tert-OH is 1. The van der Waals surface area contributed by atoms with Crippen LogP contribution in [0.3, 0.4) is 0 Å². The van der Waals surface area contributed by atoms with Gasteiger partial charge in [-0.05, 0) is 36.8 Å². The fourth-order valence-corrected chi connectivity index (χ4v) is 4.81. The summed E-state index contributed by atoms with van der Waals surface area (Å²) in [5.74, 6) is 0.102. The molecule has 2 aliphatic heterocycles. The summed E-state index contributed by atoms with van der Waals surface area (Å²) in [6, 6.07) is 9.01. The van der Waals surface area contributed by atoms with Crippen LogP contribution >= 0.6 is 0 Å². The number of phenols is 1. The van der Waals surface area contributed by atoms with Crippen LogP contribution in [-0.2, 0) is 0 Å². The molecule has 0 saturated heterocycles. The lowest BCUT2D eigenvalue weighted by Gasteiger charge is -2.24. The van der Waals surface area contributed by atoms with Crippen molar-refractivity contribution in [1.82, 2.24) is 24.4 Å².